The molecule has 1 aromatic rings. The van der Waals surface area contributed by atoms with Crippen LogP contribution >= 0.6 is 0 Å². The van der Waals surface area contributed by atoms with Crippen LogP contribution in [0.3, 0.4) is 0 Å². The number of nitrogens with one attached hydrogen (secondary N) is 1. The minimum Gasteiger partial charge on any atom is -0.491 e. The largest absolute Gasteiger partial charge is 0.491 e. The van der Waals surface area contributed by atoms with Gasteiger partial charge in [0.25, 0.3) is 0 Å². The summed E-state index contributed by atoms with van der Waals surface area (Å²) in [6, 6.07) is 6.45. The van der Waals surface area contributed by atoms with Crippen molar-refractivity contribution in [3.8, 4) is 5.75 Å². The van der Waals surface area contributed by atoms with Crippen LogP contribution in [0.25, 0.3) is 0 Å². The number of ether oxygens (including phenoxy) is 1. The van der Waals surface area contributed by atoms with Crippen LogP contribution in [0.2, 0.25) is 0 Å². The van der Waals surface area contributed by atoms with Gasteiger partial charge >= 0.3 is 0 Å². The third kappa shape index (κ3) is 3.89. The zero-order chi connectivity index (χ0) is 16.4. The molecular formula is C20H31NO2. The van der Waals surface area contributed by atoms with Crippen molar-refractivity contribution in [3.63, 3.8) is 0 Å². The molecule has 2 aliphatic carbocycles. The Morgan fingerprint density at radius 3 is 2.65 bits per heavy atom. The Morgan fingerprint density at radius 1 is 1.17 bits per heavy atom. The molecular weight excluding hydrogens is 286 g/mol. The van der Waals surface area contributed by atoms with Gasteiger partial charge in [-0.3, -0.25) is 0 Å². The van der Waals surface area contributed by atoms with E-state index >= 15 is 0 Å². The second-order valence-electron chi connectivity index (χ2n) is 8.21. The van der Waals surface area contributed by atoms with Gasteiger partial charge in [-0.05, 0) is 57.1 Å². The van der Waals surface area contributed by atoms with Gasteiger partial charge < -0.3 is 15.2 Å². The summed E-state index contributed by atoms with van der Waals surface area (Å²) < 4.78 is 6.00. The van der Waals surface area contributed by atoms with Crippen LogP contribution in [-0.2, 0) is 0 Å². The fraction of sp³-hybridized carbons (Fsp3) is 0.700. The molecule has 128 valence electrons. The Bertz CT molecular complexity index is 535. The highest BCUT2D eigenvalue weighted by Crippen LogP contribution is 2.56. The predicted molar refractivity (Wildman–Crippen MR) is 94.3 cm³/mol. The highest BCUT2D eigenvalue weighted by Gasteiger charge is 2.40. The van der Waals surface area contributed by atoms with E-state index in [1.54, 1.807) is 0 Å². The number of rotatable bonds is 5. The molecule has 2 aliphatic rings. The molecule has 1 unspecified atom stereocenters. The minimum absolute atomic E-state index is 0.0189. The first-order valence-electron chi connectivity index (χ1n) is 9.14. The lowest BCUT2D eigenvalue weighted by Crippen LogP contribution is -2.42. The quantitative estimate of drug-likeness (QED) is 0.864. The minimum atomic E-state index is -0.477. The Hall–Kier alpha value is -1.06. The van der Waals surface area contributed by atoms with Gasteiger partial charge in [-0.25, -0.2) is 0 Å². The van der Waals surface area contributed by atoms with Gasteiger partial charge in [-0.1, -0.05) is 31.4 Å². The smallest absolute Gasteiger partial charge is 0.123 e. The second kappa shape index (κ2) is 6.82. The summed E-state index contributed by atoms with van der Waals surface area (Å²) in [7, 11) is 0. The molecule has 3 rings (SSSR count). The number of aliphatic hydroxyl groups is 1. The van der Waals surface area contributed by atoms with Crippen LogP contribution in [0, 0.1) is 0 Å². The van der Waals surface area contributed by atoms with Crippen LogP contribution < -0.4 is 10.1 Å². The standard InChI is InChI=1S/C20H31NO2/c1-20(2,3)21-12-14(22)13-23-18-11-7-10-17-15-8-5-4-6-9-16(15)19(17)18/h7,10-11,14-16,21-22H,4-6,8-9,12-13H2,1-3H3/t14?,15-,16+/m0/s1. The van der Waals surface area contributed by atoms with Gasteiger partial charge in [0.1, 0.15) is 18.5 Å². The predicted octanol–water partition coefficient (Wildman–Crippen LogP) is 3.96. The van der Waals surface area contributed by atoms with E-state index < -0.39 is 6.10 Å². The van der Waals surface area contributed by atoms with Crippen LogP contribution in [0.1, 0.15) is 75.8 Å². The summed E-state index contributed by atoms with van der Waals surface area (Å²) in [4.78, 5) is 0. The van der Waals surface area contributed by atoms with E-state index in [1.165, 1.54) is 43.2 Å². The summed E-state index contributed by atoms with van der Waals surface area (Å²) in [5, 5.41) is 13.5. The number of hydrogen-bond acceptors (Lipinski definition) is 3. The van der Waals surface area contributed by atoms with Crippen LogP contribution in [0.5, 0.6) is 5.75 Å². The van der Waals surface area contributed by atoms with Crippen molar-refractivity contribution in [2.75, 3.05) is 13.2 Å². The normalized spacial score (nSPS) is 24.9. The summed E-state index contributed by atoms with van der Waals surface area (Å²) in [6.45, 7) is 7.23. The Balaban J connectivity index is 1.61. The number of fused-ring (bicyclic) bond motifs is 4. The molecule has 1 fully saturated rings. The molecule has 3 nitrogen and oxygen atoms in total. The Morgan fingerprint density at radius 2 is 1.91 bits per heavy atom. The molecule has 2 N–H and O–H groups in total. The summed E-state index contributed by atoms with van der Waals surface area (Å²) in [6.07, 6.45) is 6.23. The van der Waals surface area contributed by atoms with Gasteiger partial charge in [0, 0.05) is 17.6 Å². The van der Waals surface area contributed by atoms with Gasteiger partial charge in [0.2, 0.25) is 0 Å². The first-order chi connectivity index (χ1) is 11.0. The van der Waals surface area contributed by atoms with Crippen molar-refractivity contribution in [2.24, 2.45) is 0 Å². The van der Waals surface area contributed by atoms with E-state index in [4.69, 9.17) is 4.74 Å². The van der Waals surface area contributed by atoms with Crippen LogP contribution in [-0.4, -0.2) is 29.9 Å². The Labute approximate surface area is 140 Å². The highest BCUT2D eigenvalue weighted by atomic mass is 16.5. The van der Waals surface area contributed by atoms with Gasteiger partial charge in [0.05, 0.1) is 0 Å². The molecule has 3 heteroatoms. The van der Waals surface area contributed by atoms with E-state index in [9.17, 15) is 5.11 Å². The maximum absolute atomic E-state index is 10.1. The molecule has 1 saturated carbocycles. The number of β-amino-alcohol motifs (C(OH)–C–C–N with tert-alkyl or cyclic N) is 1. The van der Waals surface area contributed by atoms with Crippen LogP contribution in [0.15, 0.2) is 18.2 Å². The molecule has 0 aliphatic heterocycles. The van der Waals surface area contributed by atoms with E-state index in [1.807, 2.05) is 0 Å². The fourth-order valence-corrected chi connectivity index (χ4v) is 4.01. The van der Waals surface area contributed by atoms with Crippen molar-refractivity contribution >= 4 is 0 Å². The van der Waals surface area contributed by atoms with Gasteiger partial charge in [-0.2, -0.15) is 0 Å². The third-order valence-corrected chi connectivity index (χ3v) is 5.19. The second-order valence-corrected chi connectivity index (χ2v) is 8.21. The monoisotopic (exact) mass is 317 g/mol. The molecule has 0 aromatic heterocycles. The number of hydrogen-bond donors (Lipinski definition) is 2. The van der Waals surface area contributed by atoms with Crippen molar-refractivity contribution < 1.29 is 9.84 Å². The lowest BCUT2D eigenvalue weighted by Gasteiger charge is -2.40. The first kappa shape index (κ1) is 16.8. The molecule has 0 saturated heterocycles. The van der Waals surface area contributed by atoms with Crippen molar-refractivity contribution in [1.82, 2.24) is 5.32 Å². The van der Waals surface area contributed by atoms with E-state index in [0.717, 1.165) is 11.7 Å². The molecule has 0 radical (unpaired) electrons. The first-order valence-corrected chi connectivity index (χ1v) is 9.14. The molecule has 0 bridgehead atoms. The topological polar surface area (TPSA) is 41.5 Å². The summed E-state index contributed by atoms with van der Waals surface area (Å²) >= 11 is 0. The molecule has 0 amide bonds. The van der Waals surface area contributed by atoms with Gasteiger partial charge in [-0.15, -0.1) is 0 Å². The zero-order valence-electron chi connectivity index (χ0n) is 14.8. The molecule has 3 atom stereocenters. The summed E-state index contributed by atoms with van der Waals surface area (Å²) in [5.41, 5.74) is 2.94. The molecule has 1 aromatic carbocycles. The average Bonchev–Trinajstić information content (AvgIpc) is 2.70. The lowest BCUT2D eigenvalue weighted by molar-refractivity contribution is 0.0986. The van der Waals surface area contributed by atoms with Crippen molar-refractivity contribution in [3.05, 3.63) is 29.3 Å². The van der Waals surface area contributed by atoms with Crippen molar-refractivity contribution in [1.29, 1.82) is 0 Å². The van der Waals surface area contributed by atoms with E-state index in [2.05, 4.69) is 44.3 Å². The van der Waals surface area contributed by atoms with Crippen molar-refractivity contribution in [2.45, 2.75) is 76.4 Å². The van der Waals surface area contributed by atoms with Crippen LogP contribution in [0.4, 0.5) is 0 Å². The number of benzene rings is 1. The summed E-state index contributed by atoms with van der Waals surface area (Å²) in [5.74, 6) is 2.44. The average molecular weight is 317 g/mol. The Kier molecular flexibility index (Phi) is 4.98. The zero-order valence-corrected chi connectivity index (χ0v) is 14.8. The maximum atomic E-state index is 10.1. The molecule has 0 spiro atoms. The third-order valence-electron chi connectivity index (χ3n) is 5.19. The van der Waals surface area contributed by atoms with E-state index in [-0.39, 0.29) is 5.54 Å². The highest BCUT2D eigenvalue weighted by molar-refractivity contribution is 5.53. The molecule has 23 heavy (non-hydrogen) atoms. The molecule has 0 heterocycles. The lowest BCUT2D eigenvalue weighted by atomic mass is 9.65. The fourth-order valence-electron chi connectivity index (χ4n) is 4.01. The SMILES string of the molecule is CC(C)(C)NCC(O)COc1cccc2c1[C@@H]1CCCCC[C@H]21. The maximum Gasteiger partial charge on any atom is 0.123 e. The van der Waals surface area contributed by atoms with E-state index in [0.29, 0.717) is 19.1 Å². The number of aliphatic hydroxyl groups excluding tert-OH is 1. The van der Waals surface area contributed by atoms with Gasteiger partial charge in [0.15, 0.2) is 0 Å².